The van der Waals surface area contributed by atoms with E-state index >= 15 is 0 Å². The van der Waals surface area contributed by atoms with Crippen LogP contribution in [0.1, 0.15) is 11.1 Å². The van der Waals surface area contributed by atoms with Crippen molar-refractivity contribution in [2.75, 3.05) is 0 Å². The Morgan fingerprint density at radius 2 is 1.50 bits per heavy atom. The van der Waals surface area contributed by atoms with Crippen molar-refractivity contribution in [3.05, 3.63) is 65.9 Å². The van der Waals surface area contributed by atoms with Crippen LogP contribution in [0.2, 0.25) is 0 Å². The van der Waals surface area contributed by atoms with Crippen LogP contribution in [0.4, 0.5) is 0 Å². The summed E-state index contributed by atoms with van der Waals surface area (Å²) in [5.41, 5.74) is 2.88. The molecular formula is C20H19N3O3. The van der Waals surface area contributed by atoms with Crippen LogP contribution in [0.15, 0.2) is 54.7 Å². The van der Waals surface area contributed by atoms with E-state index in [2.05, 4.69) is 15.6 Å². The number of carbonyl (C=O) groups excluding carboxylic acids is 2. The normalized spacial score (nSPS) is 20.0. The lowest BCUT2D eigenvalue weighted by molar-refractivity contribution is -0.136. The van der Waals surface area contributed by atoms with Crippen molar-refractivity contribution in [3.8, 4) is 5.75 Å². The highest BCUT2D eigenvalue weighted by Gasteiger charge is 2.33. The van der Waals surface area contributed by atoms with Crippen molar-refractivity contribution in [2.24, 2.45) is 0 Å². The summed E-state index contributed by atoms with van der Waals surface area (Å²) in [6.07, 6.45) is 2.71. The number of carbonyl (C=O) groups is 2. The zero-order valence-electron chi connectivity index (χ0n) is 14.0. The van der Waals surface area contributed by atoms with Crippen molar-refractivity contribution < 1.29 is 14.7 Å². The van der Waals surface area contributed by atoms with Gasteiger partial charge in [-0.3, -0.25) is 9.59 Å². The number of hydrogen-bond acceptors (Lipinski definition) is 3. The number of piperazine rings is 1. The molecular weight excluding hydrogens is 330 g/mol. The molecule has 0 bridgehead atoms. The van der Waals surface area contributed by atoms with E-state index < -0.39 is 12.1 Å². The third-order valence-corrected chi connectivity index (χ3v) is 4.74. The summed E-state index contributed by atoms with van der Waals surface area (Å²) in [5.74, 6) is -0.203. The van der Waals surface area contributed by atoms with Crippen LogP contribution in [0.5, 0.6) is 5.75 Å². The topological polar surface area (TPSA) is 94.2 Å². The van der Waals surface area contributed by atoms with E-state index in [0.717, 1.165) is 22.0 Å². The first-order valence-corrected chi connectivity index (χ1v) is 8.54. The first-order valence-electron chi connectivity index (χ1n) is 8.54. The molecule has 0 spiro atoms. The first-order chi connectivity index (χ1) is 12.6. The van der Waals surface area contributed by atoms with Gasteiger partial charge in [0, 0.05) is 29.9 Å². The highest BCUT2D eigenvalue weighted by molar-refractivity contribution is 5.97. The third kappa shape index (κ3) is 3.13. The van der Waals surface area contributed by atoms with E-state index in [1.54, 1.807) is 24.3 Å². The Kier molecular flexibility index (Phi) is 4.08. The molecule has 2 amide bonds. The molecule has 132 valence electrons. The molecule has 1 aromatic heterocycles. The van der Waals surface area contributed by atoms with Crippen molar-refractivity contribution in [1.82, 2.24) is 15.6 Å². The maximum atomic E-state index is 12.5. The van der Waals surface area contributed by atoms with E-state index in [1.807, 2.05) is 30.5 Å². The lowest BCUT2D eigenvalue weighted by Crippen LogP contribution is -2.62. The summed E-state index contributed by atoms with van der Waals surface area (Å²) < 4.78 is 0. The van der Waals surface area contributed by atoms with Crippen molar-refractivity contribution in [3.63, 3.8) is 0 Å². The maximum absolute atomic E-state index is 12.5. The predicted octanol–water partition coefficient (Wildman–Crippen LogP) is 1.64. The molecule has 2 heterocycles. The summed E-state index contributed by atoms with van der Waals surface area (Å²) in [6.45, 7) is 0. The van der Waals surface area contributed by atoms with Crippen LogP contribution in [0, 0.1) is 0 Å². The van der Waals surface area contributed by atoms with E-state index in [0.29, 0.717) is 12.8 Å². The number of phenolic OH excluding ortho intramolecular Hbond substituents is 1. The van der Waals surface area contributed by atoms with E-state index in [4.69, 9.17) is 0 Å². The fraction of sp³-hybridized carbons (Fsp3) is 0.200. The standard InChI is InChI=1S/C20H19N3O3/c24-14-7-5-12(6-8-14)9-17-19(25)23-18(20(26)22-17)10-13-11-21-16-4-2-1-3-15(13)16/h1-8,11,17-18,21,24H,9-10H2,(H,22,26)(H,23,25)/t17-,18-/m0/s1. The van der Waals surface area contributed by atoms with Crippen molar-refractivity contribution in [1.29, 1.82) is 0 Å². The van der Waals surface area contributed by atoms with E-state index in [9.17, 15) is 14.7 Å². The van der Waals surface area contributed by atoms with Gasteiger partial charge in [0.1, 0.15) is 17.8 Å². The molecule has 1 fully saturated rings. The summed E-state index contributed by atoms with van der Waals surface area (Å²) in [6, 6.07) is 13.3. The minimum atomic E-state index is -0.605. The Morgan fingerprint density at radius 1 is 0.846 bits per heavy atom. The number of amides is 2. The second kappa shape index (κ2) is 6.55. The molecule has 0 unspecified atom stereocenters. The Bertz CT molecular complexity index is 962. The monoisotopic (exact) mass is 349 g/mol. The van der Waals surface area contributed by atoms with Crippen molar-refractivity contribution in [2.45, 2.75) is 24.9 Å². The highest BCUT2D eigenvalue weighted by atomic mass is 16.3. The maximum Gasteiger partial charge on any atom is 0.243 e. The Labute approximate surface area is 150 Å². The molecule has 0 aliphatic carbocycles. The zero-order valence-corrected chi connectivity index (χ0v) is 14.0. The van der Waals surface area contributed by atoms with Crippen LogP contribution < -0.4 is 10.6 Å². The van der Waals surface area contributed by atoms with Gasteiger partial charge in [0.25, 0.3) is 0 Å². The molecule has 1 saturated heterocycles. The average molecular weight is 349 g/mol. The van der Waals surface area contributed by atoms with Crippen LogP contribution in [-0.2, 0) is 22.4 Å². The van der Waals surface area contributed by atoms with E-state index in [-0.39, 0.29) is 17.6 Å². The number of hydrogen-bond donors (Lipinski definition) is 4. The number of nitrogens with one attached hydrogen (secondary N) is 3. The van der Waals surface area contributed by atoms with Gasteiger partial charge in [-0.1, -0.05) is 30.3 Å². The summed E-state index contributed by atoms with van der Waals surface area (Å²) in [7, 11) is 0. The number of aromatic nitrogens is 1. The van der Waals surface area contributed by atoms with Gasteiger partial charge in [-0.2, -0.15) is 0 Å². The zero-order chi connectivity index (χ0) is 18.1. The smallest absolute Gasteiger partial charge is 0.243 e. The number of fused-ring (bicyclic) bond motifs is 1. The summed E-state index contributed by atoms with van der Waals surface area (Å²) in [4.78, 5) is 28.1. The number of phenols is 1. The van der Waals surface area contributed by atoms with Gasteiger partial charge in [-0.05, 0) is 29.3 Å². The number of benzene rings is 2. The number of aromatic hydroxyl groups is 1. The molecule has 2 aromatic carbocycles. The lowest BCUT2D eigenvalue weighted by Gasteiger charge is -2.29. The van der Waals surface area contributed by atoms with Gasteiger partial charge in [0.15, 0.2) is 0 Å². The molecule has 2 atom stereocenters. The predicted molar refractivity (Wildman–Crippen MR) is 97.7 cm³/mol. The van der Waals surface area contributed by atoms with Gasteiger partial charge in [0.05, 0.1) is 0 Å². The van der Waals surface area contributed by atoms with Crippen LogP contribution >= 0.6 is 0 Å². The lowest BCUT2D eigenvalue weighted by atomic mass is 9.98. The molecule has 6 nitrogen and oxygen atoms in total. The molecule has 3 aromatic rings. The number of para-hydroxylation sites is 1. The summed E-state index contributed by atoms with van der Waals surface area (Å²) in [5, 5.41) is 16.0. The molecule has 4 rings (SSSR count). The van der Waals surface area contributed by atoms with Gasteiger partial charge >= 0.3 is 0 Å². The van der Waals surface area contributed by atoms with Crippen LogP contribution in [0.25, 0.3) is 10.9 Å². The van der Waals surface area contributed by atoms with Gasteiger partial charge < -0.3 is 20.7 Å². The molecule has 26 heavy (non-hydrogen) atoms. The third-order valence-electron chi connectivity index (χ3n) is 4.74. The minimum absolute atomic E-state index is 0.171. The minimum Gasteiger partial charge on any atom is -0.508 e. The Balaban J connectivity index is 1.45. The van der Waals surface area contributed by atoms with Crippen molar-refractivity contribution >= 4 is 22.7 Å². The quantitative estimate of drug-likeness (QED) is 0.577. The second-order valence-corrected chi connectivity index (χ2v) is 6.56. The van der Waals surface area contributed by atoms with Gasteiger partial charge in [0.2, 0.25) is 11.8 Å². The first kappa shape index (κ1) is 16.2. The molecule has 0 saturated carbocycles. The Morgan fingerprint density at radius 3 is 2.23 bits per heavy atom. The number of aromatic amines is 1. The van der Waals surface area contributed by atoms with Gasteiger partial charge in [-0.25, -0.2) is 0 Å². The Hall–Kier alpha value is -3.28. The number of rotatable bonds is 4. The number of H-pyrrole nitrogens is 1. The average Bonchev–Trinajstić information content (AvgIpc) is 3.04. The summed E-state index contributed by atoms with van der Waals surface area (Å²) >= 11 is 0. The fourth-order valence-electron chi connectivity index (χ4n) is 3.35. The molecule has 4 N–H and O–H groups in total. The fourth-order valence-corrected chi connectivity index (χ4v) is 3.35. The SMILES string of the molecule is O=C1N[C@@H](Cc2c[nH]c3ccccc23)C(=O)N[C@H]1Cc1ccc(O)cc1. The van der Waals surface area contributed by atoms with Crippen LogP contribution in [-0.4, -0.2) is 34.0 Å². The van der Waals surface area contributed by atoms with Crippen LogP contribution in [0.3, 0.4) is 0 Å². The molecule has 0 radical (unpaired) electrons. The van der Waals surface area contributed by atoms with Gasteiger partial charge in [-0.15, -0.1) is 0 Å². The molecule has 1 aliphatic rings. The highest BCUT2D eigenvalue weighted by Crippen LogP contribution is 2.20. The molecule has 1 aliphatic heterocycles. The second-order valence-electron chi connectivity index (χ2n) is 6.56. The largest absolute Gasteiger partial charge is 0.508 e. The molecule has 6 heteroatoms. The van der Waals surface area contributed by atoms with E-state index in [1.165, 1.54) is 0 Å².